The zero-order valence-electron chi connectivity index (χ0n) is 9.78. The summed E-state index contributed by atoms with van der Waals surface area (Å²) in [5.74, 6) is 1.24. The molecule has 1 amide bonds. The number of nitrogens with one attached hydrogen (secondary N) is 1. The van der Waals surface area contributed by atoms with Gasteiger partial charge in [-0.1, -0.05) is 0 Å². The van der Waals surface area contributed by atoms with Crippen LogP contribution in [0.1, 0.15) is 33.1 Å². The second-order valence-corrected chi connectivity index (χ2v) is 6.06. The van der Waals surface area contributed by atoms with Crippen LogP contribution in [0.5, 0.6) is 0 Å². The molecule has 16 heavy (non-hydrogen) atoms. The van der Waals surface area contributed by atoms with Gasteiger partial charge in [0.25, 0.3) is 0 Å². The Balaban J connectivity index is 2.45. The standard InChI is InChI=1S/C11H19NO3S/c1-11(2,7-9(13)14)12-10(15)8-3-5-16-6-4-8/h8H,3-7H2,1-2H3,(H,12,15)(H,13,14). The fourth-order valence-corrected chi connectivity index (χ4v) is 2.92. The second-order valence-electron chi connectivity index (χ2n) is 4.83. The average molecular weight is 245 g/mol. The second kappa shape index (κ2) is 5.57. The third-order valence-electron chi connectivity index (χ3n) is 2.65. The van der Waals surface area contributed by atoms with E-state index in [1.807, 2.05) is 11.8 Å². The molecular formula is C11H19NO3S. The van der Waals surface area contributed by atoms with Gasteiger partial charge in [0, 0.05) is 11.5 Å². The Bertz CT molecular complexity index is 272. The van der Waals surface area contributed by atoms with E-state index in [-0.39, 0.29) is 18.2 Å². The van der Waals surface area contributed by atoms with Crippen molar-refractivity contribution in [2.45, 2.75) is 38.6 Å². The SMILES string of the molecule is CC(C)(CC(=O)O)NC(=O)C1CCSCC1. The summed E-state index contributed by atoms with van der Waals surface area (Å²) in [5.41, 5.74) is -0.659. The van der Waals surface area contributed by atoms with Gasteiger partial charge < -0.3 is 10.4 Å². The molecule has 0 bridgehead atoms. The van der Waals surface area contributed by atoms with Crippen molar-refractivity contribution < 1.29 is 14.7 Å². The molecule has 4 nitrogen and oxygen atoms in total. The quantitative estimate of drug-likeness (QED) is 0.787. The third-order valence-corrected chi connectivity index (χ3v) is 3.70. The number of rotatable bonds is 4. The molecule has 0 aromatic heterocycles. The molecule has 0 unspecified atom stereocenters. The summed E-state index contributed by atoms with van der Waals surface area (Å²) >= 11 is 1.87. The summed E-state index contributed by atoms with van der Waals surface area (Å²) < 4.78 is 0. The van der Waals surface area contributed by atoms with Crippen molar-refractivity contribution in [3.8, 4) is 0 Å². The molecule has 1 aliphatic rings. The molecule has 0 saturated carbocycles. The summed E-state index contributed by atoms with van der Waals surface area (Å²) in [7, 11) is 0. The van der Waals surface area contributed by atoms with Crippen LogP contribution in [0, 0.1) is 5.92 Å². The molecule has 1 fully saturated rings. The molecule has 92 valence electrons. The molecule has 0 atom stereocenters. The van der Waals surface area contributed by atoms with Crippen molar-refractivity contribution in [1.29, 1.82) is 0 Å². The van der Waals surface area contributed by atoms with E-state index in [4.69, 9.17) is 5.11 Å². The first kappa shape index (κ1) is 13.4. The Morgan fingerprint density at radius 2 is 1.94 bits per heavy atom. The average Bonchev–Trinajstić information content (AvgIpc) is 2.16. The van der Waals surface area contributed by atoms with Crippen molar-refractivity contribution in [2.24, 2.45) is 5.92 Å². The number of thioether (sulfide) groups is 1. The summed E-state index contributed by atoms with van der Waals surface area (Å²) in [5, 5.41) is 11.5. The fourth-order valence-electron chi connectivity index (χ4n) is 1.82. The zero-order valence-corrected chi connectivity index (χ0v) is 10.6. The monoisotopic (exact) mass is 245 g/mol. The predicted molar refractivity (Wildman–Crippen MR) is 64.5 cm³/mol. The fraction of sp³-hybridized carbons (Fsp3) is 0.818. The van der Waals surface area contributed by atoms with Crippen LogP contribution < -0.4 is 5.32 Å². The number of hydrogen-bond acceptors (Lipinski definition) is 3. The number of carboxylic acid groups (broad SMARTS) is 1. The smallest absolute Gasteiger partial charge is 0.305 e. The van der Waals surface area contributed by atoms with Crippen molar-refractivity contribution in [1.82, 2.24) is 5.32 Å². The molecule has 1 saturated heterocycles. The Hall–Kier alpha value is -0.710. The first-order chi connectivity index (χ1) is 7.41. The lowest BCUT2D eigenvalue weighted by atomic mass is 9.96. The van der Waals surface area contributed by atoms with E-state index in [0.717, 1.165) is 24.3 Å². The van der Waals surface area contributed by atoms with Gasteiger partial charge in [-0.25, -0.2) is 0 Å². The highest BCUT2D eigenvalue weighted by Crippen LogP contribution is 2.23. The van der Waals surface area contributed by atoms with Crippen LogP contribution in [-0.4, -0.2) is 34.0 Å². The van der Waals surface area contributed by atoms with Gasteiger partial charge in [0.2, 0.25) is 5.91 Å². The molecule has 2 N–H and O–H groups in total. The Labute approximate surface area is 100 Å². The number of carbonyl (C=O) groups is 2. The minimum atomic E-state index is -0.885. The first-order valence-corrected chi connectivity index (χ1v) is 6.68. The molecule has 0 aromatic carbocycles. The Morgan fingerprint density at radius 3 is 2.44 bits per heavy atom. The van der Waals surface area contributed by atoms with Crippen LogP contribution in [0.2, 0.25) is 0 Å². The molecule has 0 spiro atoms. The van der Waals surface area contributed by atoms with Crippen molar-refractivity contribution >= 4 is 23.6 Å². The van der Waals surface area contributed by atoms with Gasteiger partial charge in [-0.3, -0.25) is 9.59 Å². The molecule has 1 heterocycles. The maximum Gasteiger partial charge on any atom is 0.305 e. The largest absolute Gasteiger partial charge is 0.481 e. The van der Waals surface area contributed by atoms with Gasteiger partial charge in [-0.15, -0.1) is 0 Å². The molecule has 0 aromatic rings. The van der Waals surface area contributed by atoms with Crippen LogP contribution in [0.25, 0.3) is 0 Å². The van der Waals surface area contributed by atoms with Crippen LogP contribution in [0.4, 0.5) is 0 Å². The van der Waals surface area contributed by atoms with Gasteiger partial charge >= 0.3 is 5.97 Å². The highest BCUT2D eigenvalue weighted by atomic mass is 32.2. The van der Waals surface area contributed by atoms with Gasteiger partial charge in [0.1, 0.15) is 0 Å². The van der Waals surface area contributed by atoms with E-state index >= 15 is 0 Å². The molecule has 1 rings (SSSR count). The van der Waals surface area contributed by atoms with Crippen LogP contribution in [0.15, 0.2) is 0 Å². The van der Waals surface area contributed by atoms with Crippen LogP contribution in [0.3, 0.4) is 0 Å². The Kier molecular flexibility index (Phi) is 4.65. The summed E-state index contributed by atoms with van der Waals surface area (Å²) in [6, 6.07) is 0. The Morgan fingerprint density at radius 1 is 1.38 bits per heavy atom. The van der Waals surface area contributed by atoms with Crippen LogP contribution >= 0.6 is 11.8 Å². The first-order valence-electron chi connectivity index (χ1n) is 5.52. The topological polar surface area (TPSA) is 66.4 Å². The molecule has 0 aliphatic carbocycles. The highest BCUT2D eigenvalue weighted by Gasteiger charge is 2.28. The number of amides is 1. The number of carbonyl (C=O) groups excluding carboxylic acids is 1. The molecule has 1 aliphatic heterocycles. The predicted octanol–water partition coefficient (Wildman–Crippen LogP) is 1.50. The number of hydrogen-bond donors (Lipinski definition) is 2. The lowest BCUT2D eigenvalue weighted by Gasteiger charge is -2.28. The minimum Gasteiger partial charge on any atom is -0.481 e. The summed E-state index contributed by atoms with van der Waals surface area (Å²) in [6.45, 7) is 3.49. The maximum absolute atomic E-state index is 11.9. The van der Waals surface area contributed by atoms with E-state index in [1.165, 1.54) is 0 Å². The van der Waals surface area contributed by atoms with Gasteiger partial charge in [0.15, 0.2) is 0 Å². The summed E-state index contributed by atoms with van der Waals surface area (Å²) in [4.78, 5) is 22.5. The van der Waals surface area contributed by atoms with E-state index in [1.54, 1.807) is 13.8 Å². The van der Waals surface area contributed by atoms with E-state index < -0.39 is 11.5 Å². The zero-order chi connectivity index (χ0) is 12.2. The third kappa shape index (κ3) is 4.43. The van der Waals surface area contributed by atoms with E-state index in [9.17, 15) is 9.59 Å². The van der Waals surface area contributed by atoms with E-state index in [0.29, 0.717) is 0 Å². The maximum atomic E-state index is 11.9. The normalized spacial score (nSPS) is 18.1. The van der Waals surface area contributed by atoms with E-state index in [2.05, 4.69) is 5.32 Å². The van der Waals surface area contributed by atoms with Crippen molar-refractivity contribution in [3.05, 3.63) is 0 Å². The lowest BCUT2D eigenvalue weighted by Crippen LogP contribution is -2.47. The van der Waals surface area contributed by atoms with Gasteiger partial charge in [-0.05, 0) is 38.2 Å². The van der Waals surface area contributed by atoms with Gasteiger partial charge in [-0.2, -0.15) is 11.8 Å². The highest BCUT2D eigenvalue weighted by molar-refractivity contribution is 7.99. The van der Waals surface area contributed by atoms with Gasteiger partial charge in [0.05, 0.1) is 6.42 Å². The lowest BCUT2D eigenvalue weighted by molar-refractivity contribution is -0.139. The number of carboxylic acids is 1. The number of aliphatic carboxylic acids is 1. The van der Waals surface area contributed by atoms with Crippen molar-refractivity contribution in [2.75, 3.05) is 11.5 Å². The van der Waals surface area contributed by atoms with Crippen molar-refractivity contribution in [3.63, 3.8) is 0 Å². The summed E-state index contributed by atoms with van der Waals surface area (Å²) in [6.07, 6.45) is 1.76. The molecule has 0 radical (unpaired) electrons. The molecular weight excluding hydrogens is 226 g/mol. The minimum absolute atomic E-state index is 0.00606. The van der Waals surface area contributed by atoms with Crippen LogP contribution in [-0.2, 0) is 9.59 Å². The molecule has 5 heteroatoms.